The molecule has 2 heterocycles. The molecule has 1 unspecified atom stereocenters. The van der Waals surface area contributed by atoms with Crippen molar-refractivity contribution < 1.29 is 28.5 Å². The lowest BCUT2D eigenvalue weighted by Gasteiger charge is -2.25. The zero-order valence-electron chi connectivity index (χ0n) is 21.1. The fourth-order valence-corrected chi connectivity index (χ4v) is 5.32. The van der Waals surface area contributed by atoms with Crippen molar-refractivity contribution >= 4 is 41.0 Å². The van der Waals surface area contributed by atoms with E-state index < -0.39 is 18.0 Å². The van der Waals surface area contributed by atoms with Crippen LogP contribution in [0.5, 0.6) is 11.5 Å². The van der Waals surface area contributed by atoms with Gasteiger partial charge in [0.25, 0.3) is 5.56 Å². The van der Waals surface area contributed by atoms with Crippen LogP contribution >= 0.6 is 22.9 Å². The van der Waals surface area contributed by atoms with Crippen molar-refractivity contribution in [2.75, 3.05) is 27.4 Å². The fourth-order valence-electron chi connectivity index (χ4n) is 4.03. The number of thiazole rings is 1. The number of fused-ring (bicyclic) bond motifs is 1. The quantitative estimate of drug-likeness (QED) is 0.238. The number of nitrogens with zero attached hydrogens (tertiary/aromatic N) is 2. The Bertz CT molecular complexity index is 1610. The minimum absolute atomic E-state index is 0.0525. The molecule has 0 spiro atoms. The molecule has 0 aliphatic carbocycles. The SMILES string of the molecule is COCCOC(=O)C1=C(C)N=c2s/c(=C\c3ccc(OC(C)=O)c(OC)c3)c(=O)n2C1c1ccccc1Cl. The molecule has 0 saturated heterocycles. The molecule has 0 fully saturated rings. The van der Waals surface area contributed by atoms with Crippen LogP contribution in [-0.4, -0.2) is 43.9 Å². The van der Waals surface area contributed by atoms with Gasteiger partial charge in [-0.15, -0.1) is 0 Å². The molecule has 11 heteroatoms. The summed E-state index contributed by atoms with van der Waals surface area (Å²) in [5, 5.41) is 0.398. The van der Waals surface area contributed by atoms with E-state index in [4.69, 9.17) is 30.5 Å². The van der Waals surface area contributed by atoms with Crippen LogP contribution < -0.4 is 24.4 Å². The molecule has 4 rings (SSSR count). The van der Waals surface area contributed by atoms with Crippen LogP contribution in [0.15, 0.2) is 63.5 Å². The topological polar surface area (TPSA) is 105 Å². The predicted octanol–water partition coefficient (Wildman–Crippen LogP) is 3.01. The van der Waals surface area contributed by atoms with Gasteiger partial charge in [0.1, 0.15) is 12.6 Å². The maximum absolute atomic E-state index is 13.8. The molecule has 0 saturated carbocycles. The Hall–Kier alpha value is -3.73. The van der Waals surface area contributed by atoms with Crippen LogP contribution in [0.3, 0.4) is 0 Å². The van der Waals surface area contributed by atoms with Gasteiger partial charge in [0, 0.05) is 19.1 Å². The molecule has 0 N–H and O–H groups in total. The van der Waals surface area contributed by atoms with Crippen molar-refractivity contribution in [3.63, 3.8) is 0 Å². The van der Waals surface area contributed by atoms with E-state index in [0.717, 1.165) is 0 Å². The van der Waals surface area contributed by atoms with E-state index in [0.29, 0.717) is 36.9 Å². The van der Waals surface area contributed by atoms with Gasteiger partial charge in [-0.3, -0.25) is 14.2 Å². The zero-order valence-corrected chi connectivity index (χ0v) is 22.7. The lowest BCUT2D eigenvalue weighted by molar-refractivity contribution is -0.140. The number of benzene rings is 2. The number of ether oxygens (including phenoxy) is 4. The highest BCUT2D eigenvalue weighted by atomic mass is 35.5. The van der Waals surface area contributed by atoms with E-state index in [9.17, 15) is 14.4 Å². The molecule has 1 aliphatic rings. The highest BCUT2D eigenvalue weighted by Crippen LogP contribution is 2.34. The second-order valence-corrected chi connectivity index (χ2v) is 9.65. The molecule has 1 aromatic heterocycles. The maximum atomic E-state index is 13.8. The van der Waals surface area contributed by atoms with E-state index in [2.05, 4.69) is 4.99 Å². The normalized spacial score (nSPS) is 15.1. The monoisotopic (exact) mass is 556 g/mol. The summed E-state index contributed by atoms with van der Waals surface area (Å²) in [4.78, 5) is 43.3. The maximum Gasteiger partial charge on any atom is 0.338 e. The second-order valence-electron chi connectivity index (χ2n) is 8.24. The molecule has 1 aliphatic heterocycles. The van der Waals surface area contributed by atoms with E-state index in [-0.39, 0.29) is 30.1 Å². The van der Waals surface area contributed by atoms with Gasteiger partial charge in [-0.05, 0) is 42.3 Å². The molecule has 0 radical (unpaired) electrons. The Labute approximate surface area is 227 Å². The smallest absolute Gasteiger partial charge is 0.338 e. The number of carbonyl (C=O) groups is 2. The number of esters is 2. The predicted molar refractivity (Wildman–Crippen MR) is 142 cm³/mol. The number of aromatic nitrogens is 1. The third-order valence-electron chi connectivity index (χ3n) is 5.70. The second kappa shape index (κ2) is 11.8. The lowest BCUT2D eigenvalue weighted by atomic mass is 9.96. The van der Waals surface area contributed by atoms with Crippen LogP contribution in [0.1, 0.15) is 31.0 Å². The number of allylic oxidation sites excluding steroid dienone is 1. The molecule has 0 bridgehead atoms. The standard InChI is InChI=1S/C27H25ClN2O7S/c1-15-23(26(33)36-12-11-34-3)24(18-7-5-6-8-19(18)28)30-25(32)22(38-27(30)29-15)14-17-9-10-20(37-16(2)31)21(13-17)35-4/h5-10,13-14,24H,11-12H2,1-4H3/b22-14-. The third kappa shape index (κ3) is 5.57. The molecule has 9 nitrogen and oxygen atoms in total. The summed E-state index contributed by atoms with van der Waals surface area (Å²) in [6, 6.07) is 11.1. The van der Waals surface area contributed by atoms with Crippen LogP contribution in [0.4, 0.5) is 0 Å². The van der Waals surface area contributed by atoms with Crippen LogP contribution in [0.2, 0.25) is 5.02 Å². The minimum atomic E-state index is -0.835. The number of rotatable bonds is 8. The van der Waals surface area contributed by atoms with Gasteiger partial charge in [-0.1, -0.05) is 47.2 Å². The minimum Gasteiger partial charge on any atom is -0.493 e. The van der Waals surface area contributed by atoms with Crippen LogP contribution in [0, 0.1) is 0 Å². The first-order chi connectivity index (χ1) is 18.2. The average molecular weight is 557 g/mol. The fraction of sp³-hybridized carbons (Fsp3) is 0.259. The van der Waals surface area contributed by atoms with E-state index >= 15 is 0 Å². The molecular formula is C27H25ClN2O7S. The van der Waals surface area contributed by atoms with Gasteiger partial charge >= 0.3 is 11.9 Å². The molecule has 1 atom stereocenters. The Morgan fingerprint density at radius 1 is 1.13 bits per heavy atom. The number of halogens is 1. The summed E-state index contributed by atoms with van der Waals surface area (Å²) in [6.45, 7) is 3.28. The highest BCUT2D eigenvalue weighted by molar-refractivity contribution is 7.07. The van der Waals surface area contributed by atoms with Crippen molar-refractivity contribution in [2.24, 2.45) is 4.99 Å². The number of carbonyl (C=O) groups excluding carboxylic acids is 2. The number of hydrogen-bond donors (Lipinski definition) is 0. The average Bonchev–Trinajstić information content (AvgIpc) is 3.18. The van der Waals surface area contributed by atoms with Gasteiger partial charge in [0.15, 0.2) is 16.3 Å². The van der Waals surface area contributed by atoms with Crippen molar-refractivity contribution in [1.82, 2.24) is 4.57 Å². The Balaban J connectivity index is 1.86. The summed E-state index contributed by atoms with van der Waals surface area (Å²) in [5.74, 6) is -0.471. The van der Waals surface area contributed by atoms with Crippen LogP contribution in [-0.2, 0) is 19.1 Å². The Morgan fingerprint density at radius 2 is 1.89 bits per heavy atom. The Kier molecular flexibility index (Phi) is 8.45. The number of hydrogen-bond acceptors (Lipinski definition) is 9. The van der Waals surface area contributed by atoms with Crippen molar-refractivity contribution in [2.45, 2.75) is 19.9 Å². The molecule has 3 aromatic rings. The zero-order chi connectivity index (χ0) is 27.4. The van der Waals surface area contributed by atoms with Gasteiger partial charge in [0.2, 0.25) is 0 Å². The largest absolute Gasteiger partial charge is 0.493 e. The first-order valence-corrected chi connectivity index (χ1v) is 12.7. The van der Waals surface area contributed by atoms with Crippen molar-refractivity contribution in [1.29, 1.82) is 0 Å². The summed E-state index contributed by atoms with van der Waals surface area (Å²) in [7, 11) is 2.97. The molecular weight excluding hydrogens is 532 g/mol. The van der Waals surface area contributed by atoms with E-state index in [1.54, 1.807) is 55.5 Å². The van der Waals surface area contributed by atoms with Crippen molar-refractivity contribution in [3.8, 4) is 11.5 Å². The van der Waals surface area contributed by atoms with Crippen LogP contribution in [0.25, 0.3) is 6.08 Å². The van der Waals surface area contributed by atoms with E-state index in [1.165, 1.54) is 37.0 Å². The lowest BCUT2D eigenvalue weighted by Crippen LogP contribution is -2.40. The molecule has 0 amide bonds. The molecule has 38 heavy (non-hydrogen) atoms. The highest BCUT2D eigenvalue weighted by Gasteiger charge is 2.34. The first kappa shape index (κ1) is 27.3. The van der Waals surface area contributed by atoms with Crippen molar-refractivity contribution in [3.05, 3.63) is 89.6 Å². The molecule has 2 aromatic carbocycles. The summed E-state index contributed by atoms with van der Waals surface area (Å²) in [5.41, 5.74) is 1.52. The third-order valence-corrected chi connectivity index (χ3v) is 7.03. The Morgan fingerprint density at radius 3 is 2.58 bits per heavy atom. The van der Waals surface area contributed by atoms with Gasteiger partial charge in [0.05, 0.1) is 29.5 Å². The first-order valence-electron chi connectivity index (χ1n) is 11.5. The summed E-state index contributed by atoms with van der Waals surface area (Å²) < 4.78 is 22.7. The van der Waals surface area contributed by atoms with E-state index in [1.807, 2.05) is 0 Å². The van der Waals surface area contributed by atoms with Gasteiger partial charge < -0.3 is 18.9 Å². The summed E-state index contributed by atoms with van der Waals surface area (Å²) >= 11 is 7.73. The number of methoxy groups -OCH3 is 2. The molecule has 198 valence electrons. The van der Waals surface area contributed by atoms with Gasteiger partial charge in [-0.25, -0.2) is 9.79 Å². The van der Waals surface area contributed by atoms with Gasteiger partial charge in [-0.2, -0.15) is 0 Å². The summed E-state index contributed by atoms with van der Waals surface area (Å²) in [6.07, 6.45) is 1.68.